The molecule has 0 bridgehead atoms. The van der Waals surface area contributed by atoms with Crippen molar-refractivity contribution in [1.82, 2.24) is 10.2 Å². The highest BCUT2D eigenvalue weighted by molar-refractivity contribution is 6.30. The summed E-state index contributed by atoms with van der Waals surface area (Å²) in [5.74, 6) is 0.918. The van der Waals surface area contributed by atoms with Crippen LogP contribution in [0, 0.1) is 0 Å². The van der Waals surface area contributed by atoms with Crippen molar-refractivity contribution in [3.63, 3.8) is 0 Å². The summed E-state index contributed by atoms with van der Waals surface area (Å²) >= 11 is 12.2. The third-order valence-electron chi connectivity index (χ3n) is 4.05. The van der Waals surface area contributed by atoms with Gasteiger partial charge < -0.3 is 9.73 Å². The molecule has 0 radical (unpaired) electrons. The number of aromatic nitrogens is 2. The summed E-state index contributed by atoms with van der Waals surface area (Å²) < 4.78 is 5.97. The Morgan fingerprint density at radius 2 is 1.56 bits per heavy atom. The van der Waals surface area contributed by atoms with E-state index in [0.717, 1.165) is 16.8 Å². The molecule has 134 valence electrons. The largest absolute Gasteiger partial charge is 0.418 e. The van der Waals surface area contributed by atoms with E-state index in [1.165, 1.54) is 0 Å². The molecule has 0 spiro atoms. The second-order valence-corrected chi connectivity index (χ2v) is 6.82. The number of nitrogens with zero attached hydrogens (tertiary/aromatic N) is 2. The summed E-state index contributed by atoms with van der Waals surface area (Å²) in [7, 11) is 0. The second-order valence-electron chi connectivity index (χ2n) is 5.95. The lowest BCUT2D eigenvalue weighted by molar-refractivity contribution is 0.494. The Labute approximate surface area is 166 Å². The number of anilines is 1. The van der Waals surface area contributed by atoms with Gasteiger partial charge in [-0.3, -0.25) is 0 Å². The monoisotopic (exact) mass is 395 g/mol. The first-order valence-electron chi connectivity index (χ1n) is 8.35. The van der Waals surface area contributed by atoms with E-state index in [1.807, 2.05) is 78.9 Å². The van der Waals surface area contributed by atoms with Gasteiger partial charge in [0.15, 0.2) is 0 Å². The van der Waals surface area contributed by atoms with Crippen LogP contribution in [0.1, 0.15) is 17.5 Å². The smallest absolute Gasteiger partial charge is 0.247 e. The molecule has 6 heteroatoms. The Morgan fingerprint density at radius 1 is 0.778 bits per heavy atom. The molecule has 27 heavy (non-hydrogen) atoms. The average Bonchev–Trinajstić information content (AvgIpc) is 3.18. The van der Waals surface area contributed by atoms with Gasteiger partial charge in [0.05, 0.1) is 0 Å². The van der Waals surface area contributed by atoms with Crippen molar-refractivity contribution in [1.29, 1.82) is 0 Å². The molecule has 0 saturated carbocycles. The quantitative estimate of drug-likeness (QED) is 0.434. The van der Waals surface area contributed by atoms with Crippen LogP contribution in [0.3, 0.4) is 0 Å². The standard InChI is InChI=1S/C21H15Cl2N3O/c22-16-9-11-18(12-10-16)24-19(15-7-4-8-17(23)13-15)21-26-25-20(27-21)14-5-2-1-3-6-14/h1-13,19,24H. The van der Waals surface area contributed by atoms with Gasteiger partial charge >= 0.3 is 0 Å². The van der Waals surface area contributed by atoms with Crippen LogP contribution in [0.5, 0.6) is 0 Å². The maximum absolute atomic E-state index is 6.19. The van der Waals surface area contributed by atoms with Gasteiger partial charge in [-0.05, 0) is 54.1 Å². The molecule has 0 aliphatic rings. The predicted molar refractivity (Wildman–Crippen MR) is 108 cm³/mol. The SMILES string of the molecule is Clc1ccc(NC(c2cccc(Cl)c2)c2nnc(-c3ccccc3)o2)cc1. The van der Waals surface area contributed by atoms with Crippen LogP contribution in [0.2, 0.25) is 10.0 Å². The molecule has 0 aliphatic heterocycles. The first kappa shape index (κ1) is 17.6. The van der Waals surface area contributed by atoms with Crippen molar-refractivity contribution >= 4 is 28.9 Å². The Balaban J connectivity index is 1.71. The van der Waals surface area contributed by atoms with Crippen molar-refractivity contribution in [3.05, 3.63) is 100 Å². The van der Waals surface area contributed by atoms with Gasteiger partial charge in [-0.1, -0.05) is 53.5 Å². The molecule has 4 rings (SSSR count). The number of hydrogen-bond donors (Lipinski definition) is 1. The third kappa shape index (κ3) is 4.13. The van der Waals surface area contributed by atoms with Crippen LogP contribution in [-0.2, 0) is 0 Å². The highest BCUT2D eigenvalue weighted by atomic mass is 35.5. The summed E-state index contributed by atoms with van der Waals surface area (Å²) in [5.41, 5.74) is 2.66. The van der Waals surface area contributed by atoms with E-state index in [4.69, 9.17) is 27.6 Å². The molecule has 0 aliphatic carbocycles. The third-order valence-corrected chi connectivity index (χ3v) is 4.53. The molecule has 0 fully saturated rings. The summed E-state index contributed by atoms with van der Waals surface area (Å²) in [4.78, 5) is 0. The van der Waals surface area contributed by atoms with Crippen LogP contribution in [0.4, 0.5) is 5.69 Å². The maximum Gasteiger partial charge on any atom is 0.247 e. The number of nitrogens with one attached hydrogen (secondary N) is 1. The molecule has 1 N–H and O–H groups in total. The number of halogens is 2. The minimum atomic E-state index is -0.352. The average molecular weight is 396 g/mol. The van der Waals surface area contributed by atoms with E-state index >= 15 is 0 Å². The molecular weight excluding hydrogens is 381 g/mol. The van der Waals surface area contributed by atoms with Gasteiger partial charge in [0.25, 0.3) is 0 Å². The zero-order valence-electron chi connectivity index (χ0n) is 14.1. The van der Waals surface area contributed by atoms with Gasteiger partial charge in [0.1, 0.15) is 6.04 Å². The first-order valence-corrected chi connectivity index (χ1v) is 9.11. The summed E-state index contributed by atoms with van der Waals surface area (Å²) in [6.07, 6.45) is 0. The molecule has 0 saturated heterocycles. The molecule has 1 aromatic heterocycles. The van der Waals surface area contributed by atoms with Crippen LogP contribution < -0.4 is 5.32 Å². The molecule has 4 nitrogen and oxygen atoms in total. The Hall–Kier alpha value is -2.82. The molecular formula is C21H15Cl2N3O. The van der Waals surface area contributed by atoms with Crippen LogP contribution in [0.15, 0.2) is 83.3 Å². The lowest BCUT2D eigenvalue weighted by Crippen LogP contribution is -2.13. The van der Waals surface area contributed by atoms with Crippen LogP contribution in [0.25, 0.3) is 11.5 Å². The molecule has 3 aromatic carbocycles. The van der Waals surface area contributed by atoms with Crippen molar-refractivity contribution in [2.45, 2.75) is 6.04 Å². The topological polar surface area (TPSA) is 51.0 Å². The molecule has 1 unspecified atom stereocenters. The van der Waals surface area contributed by atoms with E-state index in [-0.39, 0.29) is 6.04 Å². The van der Waals surface area contributed by atoms with E-state index in [9.17, 15) is 0 Å². The van der Waals surface area contributed by atoms with Gasteiger partial charge in [-0.15, -0.1) is 10.2 Å². The fourth-order valence-electron chi connectivity index (χ4n) is 2.74. The van der Waals surface area contributed by atoms with Crippen molar-refractivity contribution < 1.29 is 4.42 Å². The fraction of sp³-hybridized carbons (Fsp3) is 0.0476. The molecule has 0 amide bonds. The van der Waals surface area contributed by atoms with E-state index in [0.29, 0.717) is 21.8 Å². The maximum atomic E-state index is 6.19. The Bertz CT molecular complexity index is 1030. The van der Waals surface area contributed by atoms with Crippen molar-refractivity contribution in [2.24, 2.45) is 0 Å². The molecule has 1 atom stereocenters. The van der Waals surface area contributed by atoms with Gasteiger partial charge in [0, 0.05) is 21.3 Å². The first-order chi connectivity index (χ1) is 13.2. The summed E-state index contributed by atoms with van der Waals surface area (Å²) in [5, 5.41) is 13.2. The number of benzene rings is 3. The predicted octanol–water partition coefficient (Wildman–Crippen LogP) is 6.24. The summed E-state index contributed by atoms with van der Waals surface area (Å²) in [6, 6.07) is 24.3. The van der Waals surface area contributed by atoms with Crippen LogP contribution >= 0.6 is 23.2 Å². The normalized spacial score (nSPS) is 11.9. The Morgan fingerprint density at radius 3 is 2.30 bits per heavy atom. The van der Waals surface area contributed by atoms with Gasteiger partial charge in [0.2, 0.25) is 11.8 Å². The fourth-order valence-corrected chi connectivity index (χ4v) is 3.06. The van der Waals surface area contributed by atoms with E-state index in [2.05, 4.69) is 15.5 Å². The zero-order valence-corrected chi connectivity index (χ0v) is 15.7. The van der Waals surface area contributed by atoms with E-state index in [1.54, 1.807) is 0 Å². The number of hydrogen-bond acceptors (Lipinski definition) is 4. The highest BCUT2D eigenvalue weighted by Crippen LogP contribution is 2.30. The lowest BCUT2D eigenvalue weighted by Gasteiger charge is -2.17. The minimum Gasteiger partial charge on any atom is -0.418 e. The van der Waals surface area contributed by atoms with Gasteiger partial charge in [-0.2, -0.15) is 0 Å². The van der Waals surface area contributed by atoms with Crippen molar-refractivity contribution in [2.75, 3.05) is 5.32 Å². The van der Waals surface area contributed by atoms with Crippen LogP contribution in [-0.4, -0.2) is 10.2 Å². The van der Waals surface area contributed by atoms with Crippen molar-refractivity contribution in [3.8, 4) is 11.5 Å². The number of rotatable bonds is 5. The second kappa shape index (κ2) is 7.82. The highest BCUT2D eigenvalue weighted by Gasteiger charge is 2.22. The Kier molecular flexibility index (Phi) is 5.10. The van der Waals surface area contributed by atoms with E-state index < -0.39 is 0 Å². The zero-order chi connectivity index (χ0) is 18.6. The lowest BCUT2D eigenvalue weighted by atomic mass is 10.1. The minimum absolute atomic E-state index is 0.352. The molecule has 4 aromatic rings. The summed E-state index contributed by atoms with van der Waals surface area (Å²) in [6.45, 7) is 0. The van der Waals surface area contributed by atoms with Gasteiger partial charge in [-0.25, -0.2) is 0 Å². The molecule has 1 heterocycles.